The van der Waals surface area contributed by atoms with Crippen LogP contribution >= 0.6 is 11.6 Å². The lowest BCUT2D eigenvalue weighted by Crippen LogP contribution is -2.49. The molecule has 2 aromatic rings. The number of halogens is 1. The zero-order chi connectivity index (χ0) is 23.7. The lowest BCUT2D eigenvalue weighted by Gasteiger charge is -2.20. The quantitative estimate of drug-likeness (QED) is 0.364. The van der Waals surface area contributed by atoms with Crippen molar-refractivity contribution in [1.29, 1.82) is 0 Å². The summed E-state index contributed by atoms with van der Waals surface area (Å²) < 4.78 is 4.90. The number of aryl methyl sites for hydroxylation is 1. The van der Waals surface area contributed by atoms with Crippen LogP contribution in [0.1, 0.15) is 24.5 Å². The fourth-order valence-electron chi connectivity index (χ4n) is 2.91. The first kappa shape index (κ1) is 24.6. The molecule has 0 saturated carbocycles. The molecule has 3 amide bonds. The SMILES string of the molecule is CC(NC(=O)C(CCc1ccccc1)OC(N)=O)C(=O)NCc1cc(Cl)ccc1[N+](=O)[O-]. The first-order valence-corrected chi connectivity index (χ1v) is 10.1. The standard InChI is InChI=1S/C21H23ClN4O6/c1-13(19(27)24-12-15-11-16(22)8-9-17(15)26(30)31)25-20(28)18(32-21(23)29)10-7-14-5-3-2-4-6-14/h2-6,8-9,11,13,18H,7,10,12H2,1H3,(H2,23,29)(H,24,27)(H,25,28). The summed E-state index contributed by atoms with van der Waals surface area (Å²) in [4.78, 5) is 46.7. The summed E-state index contributed by atoms with van der Waals surface area (Å²) in [5.41, 5.74) is 6.03. The maximum absolute atomic E-state index is 12.5. The van der Waals surface area contributed by atoms with Gasteiger partial charge in [0.2, 0.25) is 5.91 Å². The van der Waals surface area contributed by atoms with Crippen LogP contribution in [-0.2, 0) is 27.3 Å². The monoisotopic (exact) mass is 462 g/mol. The van der Waals surface area contributed by atoms with Crippen molar-refractivity contribution < 1.29 is 24.0 Å². The minimum atomic E-state index is -1.18. The van der Waals surface area contributed by atoms with Crippen LogP contribution in [0.5, 0.6) is 0 Å². The number of ether oxygens (including phenoxy) is 1. The average molecular weight is 463 g/mol. The van der Waals surface area contributed by atoms with Crippen molar-refractivity contribution in [3.8, 4) is 0 Å². The van der Waals surface area contributed by atoms with Gasteiger partial charge in [-0.05, 0) is 37.5 Å². The number of carbonyl (C=O) groups is 3. The molecule has 0 aliphatic carbocycles. The highest BCUT2D eigenvalue weighted by molar-refractivity contribution is 6.30. The van der Waals surface area contributed by atoms with Crippen molar-refractivity contribution in [2.45, 2.75) is 38.5 Å². The number of hydrogen-bond donors (Lipinski definition) is 3. The Morgan fingerprint density at radius 1 is 1.16 bits per heavy atom. The van der Waals surface area contributed by atoms with E-state index in [4.69, 9.17) is 22.1 Å². The van der Waals surface area contributed by atoms with Crippen molar-refractivity contribution >= 4 is 35.2 Å². The van der Waals surface area contributed by atoms with Gasteiger partial charge >= 0.3 is 6.09 Å². The minimum absolute atomic E-state index is 0.162. The van der Waals surface area contributed by atoms with Gasteiger partial charge in [0, 0.05) is 17.6 Å². The molecule has 0 aromatic heterocycles. The summed E-state index contributed by atoms with van der Waals surface area (Å²) >= 11 is 5.87. The number of carbonyl (C=O) groups excluding carboxylic acids is 3. The molecule has 2 unspecified atom stereocenters. The second-order valence-corrected chi connectivity index (χ2v) is 7.36. The molecular formula is C21H23ClN4O6. The molecule has 32 heavy (non-hydrogen) atoms. The normalized spacial score (nSPS) is 12.3. The second kappa shape index (κ2) is 11.7. The van der Waals surface area contributed by atoms with Crippen LogP contribution < -0.4 is 16.4 Å². The summed E-state index contributed by atoms with van der Waals surface area (Å²) in [6.45, 7) is 1.27. The summed E-state index contributed by atoms with van der Waals surface area (Å²) in [5, 5.41) is 16.4. The Kier molecular flexibility index (Phi) is 8.96. The molecule has 4 N–H and O–H groups in total. The zero-order valence-electron chi connectivity index (χ0n) is 17.2. The smallest absolute Gasteiger partial charge is 0.405 e. The van der Waals surface area contributed by atoms with E-state index in [0.29, 0.717) is 6.42 Å². The van der Waals surface area contributed by atoms with E-state index in [1.54, 1.807) is 0 Å². The van der Waals surface area contributed by atoms with E-state index in [0.717, 1.165) is 5.56 Å². The van der Waals surface area contributed by atoms with Gasteiger partial charge in [-0.2, -0.15) is 0 Å². The molecule has 0 bridgehead atoms. The second-order valence-electron chi connectivity index (χ2n) is 6.93. The number of nitro benzene ring substituents is 1. The van der Waals surface area contributed by atoms with Gasteiger partial charge in [0.15, 0.2) is 6.10 Å². The van der Waals surface area contributed by atoms with Crippen LogP contribution in [0.15, 0.2) is 48.5 Å². The molecule has 2 atom stereocenters. The predicted octanol–water partition coefficient (Wildman–Crippen LogP) is 2.47. The Bertz CT molecular complexity index is 986. The Balaban J connectivity index is 1.96. The van der Waals surface area contributed by atoms with Gasteiger partial charge in [0.05, 0.1) is 10.5 Å². The largest absolute Gasteiger partial charge is 0.436 e. The summed E-state index contributed by atoms with van der Waals surface area (Å²) in [7, 11) is 0. The lowest BCUT2D eigenvalue weighted by molar-refractivity contribution is -0.385. The zero-order valence-corrected chi connectivity index (χ0v) is 18.0. The Hall–Kier alpha value is -3.66. The molecular weight excluding hydrogens is 440 g/mol. The van der Waals surface area contributed by atoms with Crippen molar-refractivity contribution in [3.05, 3.63) is 74.8 Å². The summed E-state index contributed by atoms with van der Waals surface area (Å²) in [6, 6.07) is 12.3. The summed E-state index contributed by atoms with van der Waals surface area (Å²) in [5.74, 6) is -1.27. The van der Waals surface area contributed by atoms with E-state index in [1.807, 2.05) is 30.3 Å². The van der Waals surface area contributed by atoms with Crippen LogP contribution in [0.25, 0.3) is 0 Å². The van der Waals surface area contributed by atoms with Crippen molar-refractivity contribution in [2.24, 2.45) is 5.73 Å². The first-order chi connectivity index (χ1) is 15.2. The van der Waals surface area contributed by atoms with Crippen molar-refractivity contribution in [1.82, 2.24) is 10.6 Å². The number of nitrogens with one attached hydrogen (secondary N) is 2. The lowest BCUT2D eigenvalue weighted by atomic mass is 10.1. The maximum Gasteiger partial charge on any atom is 0.405 e. The molecule has 0 aliphatic rings. The Morgan fingerprint density at radius 2 is 1.84 bits per heavy atom. The first-order valence-electron chi connectivity index (χ1n) is 9.68. The molecule has 0 saturated heterocycles. The molecule has 2 rings (SSSR count). The molecule has 10 nitrogen and oxygen atoms in total. The van der Waals surface area contributed by atoms with Gasteiger partial charge in [-0.3, -0.25) is 19.7 Å². The van der Waals surface area contributed by atoms with Gasteiger partial charge in [-0.25, -0.2) is 4.79 Å². The van der Waals surface area contributed by atoms with Gasteiger partial charge < -0.3 is 21.1 Å². The van der Waals surface area contributed by atoms with E-state index in [-0.39, 0.29) is 29.2 Å². The van der Waals surface area contributed by atoms with Gasteiger partial charge in [0.25, 0.3) is 11.6 Å². The molecule has 0 aliphatic heterocycles. The van der Waals surface area contributed by atoms with E-state index in [9.17, 15) is 24.5 Å². The molecule has 11 heteroatoms. The van der Waals surface area contributed by atoms with E-state index < -0.39 is 35.0 Å². The fourth-order valence-corrected chi connectivity index (χ4v) is 3.10. The van der Waals surface area contributed by atoms with Gasteiger partial charge in [-0.1, -0.05) is 41.9 Å². The van der Waals surface area contributed by atoms with Crippen LogP contribution in [0, 0.1) is 10.1 Å². The maximum atomic E-state index is 12.5. The van der Waals surface area contributed by atoms with E-state index >= 15 is 0 Å². The highest BCUT2D eigenvalue weighted by atomic mass is 35.5. The molecule has 2 aromatic carbocycles. The molecule has 0 heterocycles. The summed E-state index contributed by atoms with van der Waals surface area (Å²) in [6.07, 6.45) is -1.67. The Morgan fingerprint density at radius 3 is 2.47 bits per heavy atom. The number of primary amides is 1. The minimum Gasteiger partial charge on any atom is -0.436 e. The van der Waals surface area contributed by atoms with Crippen LogP contribution in [0.3, 0.4) is 0 Å². The predicted molar refractivity (Wildman–Crippen MR) is 117 cm³/mol. The van der Waals surface area contributed by atoms with E-state index in [1.165, 1.54) is 25.1 Å². The fraction of sp³-hybridized carbons (Fsp3) is 0.286. The highest BCUT2D eigenvalue weighted by Gasteiger charge is 2.26. The van der Waals surface area contributed by atoms with Gasteiger partial charge in [-0.15, -0.1) is 0 Å². The van der Waals surface area contributed by atoms with Crippen molar-refractivity contribution in [2.75, 3.05) is 0 Å². The molecule has 0 fully saturated rings. The number of amides is 3. The molecule has 0 spiro atoms. The van der Waals surface area contributed by atoms with Crippen LogP contribution in [0.2, 0.25) is 5.02 Å². The Labute approximate surface area is 189 Å². The number of hydrogen-bond acceptors (Lipinski definition) is 6. The van der Waals surface area contributed by atoms with Crippen LogP contribution in [0.4, 0.5) is 10.5 Å². The number of benzene rings is 2. The topological polar surface area (TPSA) is 154 Å². The average Bonchev–Trinajstić information content (AvgIpc) is 2.75. The van der Waals surface area contributed by atoms with E-state index in [2.05, 4.69) is 10.6 Å². The number of nitrogens with zero attached hydrogens (tertiary/aromatic N) is 1. The van der Waals surface area contributed by atoms with Crippen LogP contribution in [-0.4, -0.2) is 35.0 Å². The highest BCUT2D eigenvalue weighted by Crippen LogP contribution is 2.22. The third-order valence-electron chi connectivity index (χ3n) is 4.53. The van der Waals surface area contributed by atoms with Crippen molar-refractivity contribution in [3.63, 3.8) is 0 Å². The third-order valence-corrected chi connectivity index (χ3v) is 4.77. The number of nitrogens with two attached hydrogens (primary N) is 1. The third kappa shape index (κ3) is 7.55. The number of rotatable bonds is 10. The molecule has 0 radical (unpaired) electrons. The van der Waals surface area contributed by atoms with Gasteiger partial charge in [0.1, 0.15) is 6.04 Å². The molecule has 170 valence electrons. The number of nitro groups is 1.